The Morgan fingerprint density at radius 1 is 1.07 bits per heavy atom. The standard InChI is InChI=1S/C20H18ClFN4O/c1-11-8-12(2)18(14(21)9-11)26-19(27)17-10-13(3)23-20(25-17)24-16-7-5-4-6-15(16)22/h4-10H,1-3H3,(H,26,27)(H,23,24,25). The highest BCUT2D eigenvalue weighted by Crippen LogP contribution is 2.28. The third kappa shape index (κ3) is 4.41. The van der Waals surface area contributed by atoms with Crippen LogP contribution in [0.4, 0.5) is 21.7 Å². The first-order chi connectivity index (χ1) is 12.8. The Balaban J connectivity index is 1.88. The minimum atomic E-state index is -0.435. The van der Waals surface area contributed by atoms with Gasteiger partial charge in [0, 0.05) is 5.69 Å². The second-order valence-corrected chi connectivity index (χ2v) is 6.62. The molecule has 0 unspecified atom stereocenters. The summed E-state index contributed by atoms with van der Waals surface area (Å²) in [6.07, 6.45) is 0. The van der Waals surface area contributed by atoms with E-state index in [4.69, 9.17) is 11.6 Å². The normalized spacial score (nSPS) is 10.6. The molecule has 0 aliphatic carbocycles. The van der Waals surface area contributed by atoms with Crippen LogP contribution in [0.3, 0.4) is 0 Å². The summed E-state index contributed by atoms with van der Waals surface area (Å²) in [5.74, 6) is -0.724. The van der Waals surface area contributed by atoms with Crippen LogP contribution in [-0.2, 0) is 0 Å². The van der Waals surface area contributed by atoms with Gasteiger partial charge in [0.25, 0.3) is 5.91 Å². The fourth-order valence-corrected chi connectivity index (χ4v) is 3.04. The van der Waals surface area contributed by atoms with Crippen LogP contribution in [0.15, 0.2) is 42.5 Å². The largest absolute Gasteiger partial charge is 0.322 e. The van der Waals surface area contributed by atoms with Gasteiger partial charge in [-0.25, -0.2) is 14.4 Å². The summed E-state index contributed by atoms with van der Waals surface area (Å²) >= 11 is 6.25. The maximum atomic E-state index is 13.8. The van der Waals surface area contributed by atoms with Crippen molar-refractivity contribution in [2.75, 3.05) is 10.6 Å². The molecule has 0 spiro atoms. The predicted octanol–water partition coefficient (Wildman–Crippen LogP) is 5.19. The predicted molar refractivity (Wildman–Crippen MR) is 105 cm³/mol. The number of hydrogen-bond donors (Lipinski definition) is 2. The summed E-state index contributed by atoms with van der Waals surface area (Å²) in [4.78, 5) is 21.1. The van der Waals surface area contributed by atoms with Crippen LogP contribution in [0.25, 0.3) is 0 Å². The lowest BCUT2D eigenvalue weighted by Gasteiger charge is -2.12. The Bertz CT molecular complexity index is 1000. The molecular weight excluding hydrogens is 367 g/mol. The summed E-state index contributed by atoms with van der Waals surface area (Å²) in [5, 5.41) is 6.04. The number of anilines is 3. The van der Waals surface area contributed by atoms with Gasteiger partial charge in [0.05, 0.1) is 16.4 Å². The van der Waals surface area contributed by atoms with E-state index in [1.807, 2.05) is 19.9 Å². The highest BCUT2D eigenvalue weighted by Gasteiger charge is 2.15. The van der Waals surface area contributed by atoms with Gasteiger partial charge in [-0.2, -0.15) is 0 Å². The fraction of sp³-hybridized carbons (Fsp3) is 0.150. The summed E-state index contributed by atoms with van der Waals surface area (Å²) in [5.41, 5.74) is 3.34. The molecule has 2 N–H and O–H groups in total. The third-order valence-electron chi connectivity index (χ3n) is 3.88. The van der Waals surface area contributed by atoms with E-state index in [9.17, 15) is 9.18 Å². The molecule has 138 valence electrons. The number of rotatable bonds is 4. The summed E-state index contributed by atoms with van der Waals surface area (Å²) in [6.45, 7) is 5.53. The zero-order valence-electron chi connectivity index (χ0n) is 15.1. The molecule has 3 rings (SSSR count). The Hall–Kier alpha value is -2.99. The molecule has 0 saturated carbocycles. The molecule has 2 aromatic carbocycles. The van der Waals surface area contributed by atoms with Crippen LogP contribution >= 0.6 is 11.6 Å². The highest BCUT2D eigenvalue weighted by atomic mass is 35.5. The number of halogens is 2. The summed E-state index contributed by atoms with van der Waals surface area (Å²) in [7, 11) is 0. The Morgan fingerprint density at radius 3 is 2.52 bits per heavy atom. The van der Waals surface area contributed by atoms with Crippen molar-refractivity contribution in [3.05, 3.63) is 75.8 Å². The monoisotopic (exact) mass is 384 g/mol. The summed E-state index contributed by atoms with van der Waals surface area (Å²) < 4.78 is 13.8. The molecule has 1 amide bonds. The van der Waals surface area contributed by atoms with Crippen molar-refractivity contribution in [2.24, 2.45) is 0 Å². The molecule has 0 fully saturated rings. The van der Waals surface area contributed by atoms with Crippen molar-refractivity contribution in [3.8, 4) is 0 Å². The average molecular weight is 385 g/mol. The number of amides is 1. The first-order valence-electron chi connectivity index (χ1n) is 8.29. The molecule has 1 heterocycles. The lowest BCUT2D eigenvalue weighted by atomic mass is 10.1. The first-order valence-corrected chi connectivity index (χ1v) is 8.66. The molecule has 5 nitrogen and oxygen atoms in total. The number of benzene rings is 2. The van der Waals surface area contributed by atoms with Gasteiger partial charge in [0.1, 0.15) is 11.5 Å². The van der Waals surface area contributed by atoms with E-state index in [0.717, 1.165) is 11.1 Å². The van der Waals surface area contributed by atoms with Crippen molar-refractivity contribution in [3.63, 3.8) is 0 Å². The minimum Gasteiger partial charge on any atom is -0.322 e. The number of carbonyl (C=O) groups is 1. The Kier molecular flexibility index (Phi) is 5.37. The molecule has 0 saturated heterocycles. The molecule has 0 aliphatic heterocycles. The van der Waals surface area contributed by atoms with Crippen molar-refractivity contribution in [1.29, 1.82) is 0 Å². The van der Waals surface area contributed by atoms with E-state index in [2.05, 4.69) is 20.6 Å². The molecule has 0 atom stereocenters. The van der Waals surface area contributed by atoms with Gasteiger partial charge in [-0.1, -0.05) is 29.8 Å². The number of nitrogens with one attached hydrogen (secondary N) is 2. The zero-order chi connectivity index (χ0) is 19.6. The highest BCUT2D eigenvalue weighted by molar-refractivity contribution is 6.34. The molecule has 3 aromatic rings. The van der Waals surface area contributed by atoms with E-state index in [1.165, 1.54) is 6.07 Å². The molecular formula is C20H18ClFN4O. The number of carbonyl (C=O) groups excluding carboxylic acids is 1. The van der Waals surface area contributed by atoms with Gasteiger partial charge in [-0.05, 0) is 56.2 Å². The van der Waals surface area contributed by atoms with Gasteiger partial charge in [-0.15, -0.1) is 0 Å². The third-order valence-corrected chi connectivity index (χ3v) is 4.18. The smallest absolute Gasteiger partial charge is 0.274 e. The number of aryl methyl sites for hydroxylation is 3. The van der Waals surface area contributed by atoms with Gasteiger partial charge < -0.3 is 10.6 Å². The molecule has 0 bridgehead atoms. The second-order valence-electron chi connectivity index (χ2n) is 6.22. The topological polar surface area (TPSA) is 66.9 Å². The Morgan fingerprint density at radius 2 is 1.81 bits per heavy atom. The average Bonchev–Trinajstić information content (AvgIpc) is 2.59. The van der Waals surface area contributed by atoms with Crippen molar-refractivity contribution >= 4 is 34.8 Å². The number of hydrogen-bond acceptors (Lipinski definition) is 4. The number of para-hydroxylation sites is 1. The maximum Gasteiger partial charge on any atom is 0.274 e. The lowest BCUT2D eigenvalue weighted by molar-refractivity contribution is 0.102. The van der Waals surface area contributed by atoms with Gasteiger partial charge in [0.2, 0.25) is 5.95 Å². The van der Waals surface area contributed by atoms with Crippen LogP contribution in [-0.4, -0.2) is 15.9 Å². The molecule has 0 aliphatic rings. The van der Waals surface area contributed by atoms with E-state index < -0.39 is 11.7 Å². The van der Waals surface area contributed by atoms with Crippen LogP contribution in [0, 0.1) is 26.6 Å². The molecule has 27 heavy (non-hydrogen) atoms. The van der Waals surface area contributed by atoms with Crippen molar-refractivity contribution in [1.82, 2.24) is 9.97 Å². The van der Waals surface area contributed by atoms with Crippen molar-refractivity contribution < 1.29 is 9.18 Å². The van der Waals surface area contributed by atoms with Crippen LogP contribution in [0.5, 0.6) is 0 Å². The van der Waals surface area contributed by atoms with E-state index in [1.54, 1.807) is 37.3 Å². The van der Waals surface area contributed by atoms with Gasteiger partial charge >= 0.3 is 0 Å². The SMILES string of the molecule is Cc1cc(C)c(NC(=O)c2cc(C)nc(Nc3ccccc3F)n2)c(Cl)c1. The molecule has 0 radical (unpaired) electrons. The zero-order valence-corrected chi connectivity index (χ0v) is 15.9. The fourth-order valence-electron chi connectivity index (χ4n) is 2.68. The van der Waals surface area contributed by atoms with E-state index in [0.29, 0.717) is 16.4 Å². The van der Waals surface area contributed by atoms with Gasteiger partial charge in [0.15, 0.2) is 0 Å². The van der Waals surface area contributed by atoms with Crippen LogP contribution < -0.4 is 10.6 Å². The first kappa shape index (κ1) is 18.8. The van der Waals surface area contributed by atoms with Crippen molar-refractivity contribution in [2.45, 2.75) is 20.8 Å². The number of nitrogens with zero attached hydrogens (tertiary/aromatic N) is 2. The van der Waals surface area contributed by atoms with E-state index in [-0.39, 0.29) is 17.3 Å². The Labute approximate surface area is 161 Å². The van der Waals surface area contributed by atoms with Gasteiger partial charge in [-0.3, -0.25) is 4.79 Å². The van der Waals surface area contributed by atoms with Crippen LogP contribution in [0.1, 0.15) is 27.3 Å². The van der Waals surface area contributed by atoms with E-state index >= 15 is 0 Å². The second kappa shape index (κ2) is 7.72. The number of aromatic nitrogens is 2. The lowest BCUT2D eigenvalue weighted by Crippen LogP contribution is -2.16. The summed E-state index contributed by atoms with van der Waals surface area (Å²) in [6, 6.07) is 11.4. The molecule has 7 heteroatoms. The minimum absolute atomic E-state index is 0.136. The quantitative estimate of drug-likeness (QED) is 0.649. The maximum absolute atomic E-state index is 13.8. The van der Waals surface area contributed by atoms with Crippen LogP contribution in [0.2, 0.25) is 5.02 Å². The molecule has 1 aromatic heterocycles.